The van der Waals surface area contributed by atoms with Crippen LogP contribution >= 0.6 is 0 Å². The van der Waals surface area contributed by atoms with Gasteiger partial charge in [-0.25, -0.2) is 0 Å². The van der Waals surface area contributed by atoms with Crippen molar-refractivity contribution in [2.75, 3.05) is 13.1 Å². The number of hydrogen-bond acceptors (Lipinski definition) is 2. The highest BCUT2D eigenvalue weighted by Crippen LogP contribution is 2.17. The summed E-state index contributed by atoms with van der Waals surface area (Å²) in [6.45, 7) is 6.00. The van der Waals surface area contributed by atoms with Crippen molar-refractivity contribution in [3.8, 4) is 0 Å². The zero-order chi connectivity index (χ0) is 13.0. The molecular weight excluding hydrogens is 224 g/mol. The fourth-order valence-corrected chi connectivity index (χ4v) is 2.36. The predicted octanol–water partition coefficient (Wildman–Crippen LogP) is 1.80. The normalized spacial score (nSPS) is 23.0. The Labute approximate surface area is 109 Å². The number of carbonyl (C=O) groups is 1. The first-order valence-electron chi connectivity index (χ1n) is 6.65. The van der Waals surface area contributed by atoms with E-state index in [-0.39, 0.29) is 11.4 Å². The van der Waals surface area contributed by atoms with Gasteiger partial charge in [-0.15, -0.1) is 0 Å². The third kappa shape index (κ3) is 3.57. The Kier molecular flexibility index (Phi) is 4.02. The van der Waals surface area contributed by atoms with Gasteiger partial charge in [-0.1, -0.05) is 29.8 Å². The molecule has 1 fully saturated rings. The number of carbonyl (C=O) groups excluding carboxylic acids is 1. The van der Waals surface area contributed by atoms with Crippen molar-refractivity contribution in [1.29, 1.82) is 0 Å². The highest BCUT2D eigenvalue weighted by Gasteiger charge is 2.27. The Morgan fingerprint density at radius 3 is 2.72 bits per heavy atom. The molecule has 1 atom stereocenters. The van der Waals surface area contributed by atoms with Crippen LogP contribution in [0.25, 0.3) is 0 Å². The molecule has 0 radical (unpaired) electrons. The van der Waals surface area contributed by atoms with Crippen LogP contribution in [0.4, 0.5) is 0 Å². The summed E-state index contributed by atoms with van der Waals surface area (Å²) in [4.78, 5) is 11.9. The van der Waals surface area contributed by atoms with Crippen molar-refractivity contribution in [1.82, 2.24) is 10.6 Å². The van der Waals surface area contributed by atoms with Crippen LogP contribution < -0.4 is 10.6 Å². The molecule has 1 amide bonds. The molecule has 0 bridgehead atoms. The van der Waals surface area contributed by atoms with E-state index >= 15 is 0 Å². The number of benzene rings is 1. The molecule has 1 aromatic rings. The minimum Gasteiger partial charge on any atom is -0.354 e. The molecule has 1 aliphatic rings. The minimum absolute atomic E-state index is 0.0862. The highest BCUT2D eigenvalue weighted by atomic mass is 16.1. The van der Waals surface area contributed by atoms with Crippen LogP contribution in [0.5, 0.6) is 0 Å². The molecule has 3 nitrogen and oxygen atoms in total. The second-order valence-corrected chi connectivity index (χ2v) is 5.53. The van der Waals surface area contributed by atoms with E-state index in [0.717, 1.165) is 25.1 Å². The number of rotatable bonds is 4. The SMILES string of the molecule is Cc1ccc(CC(=O)NCC2(C)CCCN2)cc1. The maximum atomic E-state index is 11.9. The van der Waals surface area contributed by atoms with Crippen LogP contribution in [-0.2, 0) is 11.2 Å². The maximum absolute atomic E-state index is 11.9. The molecule has 0 aliphatic carbocycles. The van der Waals surface area contributed by atoms with Gasteiger partial charge in [0.1, 0.15) is 0 Å². The van der Waals surface area contributed by atoms with Crippen LogP contribution in [0.3, 0.4) is 0 Å². The topological polar surface area (TPSA) is 41.1 Å². The van der Waals surface area contributed by atoms with Crippen molar-refractivity contribution in [2.24, 2.45) is 0 Å². The second kappa shape index (κ2) is 5.53. The molecule has 2 rings (SSSR count). The average molecular weight is 246 g/mol. The third-order valence-electron chi connectivity index (χ3n) is 3.62. The lowest BCUT2D eigenvalue weighted by Crippen LogP contribution is -2.47. The monoisotopic (exact) mass is 246 g/mol. The molecule has 98 valence electrons. The molecule has 0 spiro atoms. The molecule has 18 heavy (non-hydrogen) atoms. The van der Waals surface area contributed by atoms with Gasteiger partial charge < -0.3 is 10.6 Å². The van der Waals surface area contributed by atoms with Gasteiger partial charge >= 0.3 is 0 Å². The summed E-state index contributed by atoms with van der Waals surface area (Å²) >= 11 is 0. The maximum Gasteiger partial charge on any atom is 0.224 e. The summed E-state index contributed by atoms with van der Waals surface area (Å²) in [5.41, 5.74) is 2.38. The second-order valence-electron chi connectivity index (χ2n) is 5.53. The Hall–Kier alpha value is -1.35. The van der Waals surface area contributed by atoms with Gasteiger partial charge in [-0.3, -0.25) is 4.79 Å². The van der Waals surface area contributed by atoms with Crippen molar-refractivity contribution >= 4 is 5.91 Å². The third-order valence-corrected chi connectivity index (χ3v) is 3.62. The standard InChI is InChI=1S/C15H22N2O/c1-12-4-6-13(7-5-12)10-14(18)16-11-15(2)8-3-9-17-15/h4-7,17H,3,8-11H2,1-2H3,(H,16,18). The van der Waals surface area contributed by atoms with Gasteiger partial charge in [0.15, 0.2) is 0 Å². The highest BCUT2D eigenvalue weighted by molar-refractivity contribution is 5.78. The van der Waals surface area contributed by atoms with Crippen molar-refractivity contribution < 1.29 is 4.79 Å². The number of nitrogens with one attached hydrogen (secondary N) is 2. The molecule has 1 aliphatic heterocycles. The van der Waals surface area contributed by atoms with Crippen LogP contribution in [0, 0.1) is 6.92 Å². The molecule has 1 saturated heterocycles. The Morgan fingerprint density at radius 2 is 2.11 bits per heavy atom. The van der Waals surface area contributed by atoms with Crippen LogP contribution in [0.2, 0.25) is 0 Å². The van der Waals surface area contributed by atoms with E-state index in [1.165, 1.54) is 12.0 Å². The Morgan fingerprint density at radius 1 is 1.39 bits per heavy atom. The number of aryl methyl sites for hydroxylation is 1. The first-order chi connectivity index (χ1) is 8.57. The van der Waals surface area contributed by atoms with Crippen molar-refractivity contribution in [3.05, 3.63) is 35.4 Å². The van der Waals surface area contributed by atoms with Gasteiger partial charge in [0.2, 0.25) is 5.91 Å². The lowest BCUT2D eigenvalue weighted by Gasteiger charge is -2.24. The smallest absolute Gasteiger partial charge is 0.224 e. The van der Waals surface area contributed by atoms with E-state index in [9.17, 15) is 4.79 Å². The van der Waals surface area contributed by atoms with E-state index in [4.69, 9.17) is 0 Å². The van der Waals surface area contributed by atoms with Crippen LogP contribution in [-0.4, -0.2) is 24.5 Å². The molecule has 0 aromatic heterocycles. The van der Waals surface area contributed by atoms with Gasteiger partial charge in [0, 0.05) is 12.1 Å². The molecule has 3 heteroatoms. The zero-order valence-electron chi connectivity index (χ0n) is 11.3. The lowest BCUT2D eigenvalue weighted by molar-refractivity contribution is -0.120. The molecule has 1 aromatic carbocycles. The summed E-state index contributed by atoms with van der Waals surface area (Å²) in [7, 11) is 0. The summed E-state index contributed by atoms with van der Waals surface area (Å²) in [6, 6.07) is 8.12. The number of hydrogen-bond donors (Lipinski definition) is 2. The summed E-state index contributed by atoms with van der Waals surface area (Å²) in [5.74, 6) is 0.105. The quantitative estimate of drug-likeness (QED) is 0.850. The van der Waals surface area contributed by atoms with E-state index in [0.29, 0.717) is 6.42 Å². The van der Waals surface area contributed by atoms with Crippen molar-refractivity contribution in [3.63, 3.8) is 0 Å². The summed E-state index contributed by atoms with van der Waals surface area (Å²) in [5, 5.41) is 6.47. The van der Waals surface area contributed by atoms with Gasteiger partial charge in [0.05, 0.1) is 6.42 Å². The predicted molar refractivity (Wildman–Crippen MR) is 73.5 cm³/mol. The first kappa shape index (κ1) is 13.1. The van der Waals surface area contributed by atoms with Crippen LogP contribution in [0.15, 0.2) is 24.3 Å². The van der Waals surface area contributed by atoms with E-state index < -0.39 is 0 Å². The molecule has 2 N–H and O–H groups in total. The van der Waals surface area contributed by atoms with Crippen LogP contribution in [0.1, 0.15) is 30.9 Å². The van der Waals surface area contributed by atoms with Gasteiger partial charge in [0.25, 0.3) is 0 Å². The lowest BCUT2D eigenvalue weighted by atomic mass is 10.0. The summed E-state index contributed by atoms with van der Waals surface area (Å²) in [6.07, 6.45) is 2.80. The van der Waals surface area contributed by atoms with Gasteiger partial charge in [-0.05, 0) is 38.8 Å². The first-order valence-corrected chi connectivity index (χ1v) is 6.65. The van der Waals surface area contributed by atoms with E-state index in [2.05, 4.69) is 24.5 Å². The summed E-state index contributed by atoms with van der Waals surface area (Å²) < 4.78 is 0. The fraction of sp³-hybridized carbons (Fsp3) is 0.533. The largest absolute Gasteiger partial charge is 0.354 e. The number of amides is 1. The van der Waals surface area contributed by atoms with Crippen molar-refractivity contribution in [2.45, 2.75) is 38.6 Å². The Bertz CT molecular complexity index is 405. The van der Waals surface area contributed by atoms with E-state index in [1.54, 1.807) is 0 Å². The fourth-order valence-electron chi connectivity index (χ4n) is 2.36. The zero-order valence-corrected chi connectivity index (χ0v) is 11.3. The molecule has 1 unspecified atom stereocenters. The van der Waals surface area contributed by atoms with E-state index in [1.807, 2.05) is 24.3 Å². The molecule has 0 saturated carbocycles. The average Bonchev–Trinajstić information content (AvgIpc) is 2.78. The molecular formula is C15H22N2O. The minimum atomic E-state index is 0.0862. The Balaban J connectivity index is 1.80. The van der Waals surface area contributed by atoms with Gasteiger partial charge in [-0.2, -0.15) is 0 Å². The molecule has 1 heterocycles.